The van der Waals surface area contributed by atoms with Crippen LogP contribution in [0.15, 0.2) is 24.3 Å². The predicted molar refractivity (Wildman–Crippen MR) is 59.5 cm³/mol. The molecule has 1 heterocycles. The van der Waals surface area contributed by atoms with E-state index in [-0.39, 0.29) is 24.3 Å². The van der Waals surface area contributed by atoms with Gasteiger partial charge < -0.3 is 9.84 Å². The normalized spacial score (nSPS) is 19.2. The lowest BCUT2D eigenvalue weighted by molar-refractivity contribution is -0.126. The van der Waals surface area contributed by atoms with Gasteiger partial charge in [0.15, 0.2) is 0 Å². The van der Waals surface area contributed by atoms with Crippen molar-refractivity contribution < 1.29 is 19.4 Å². The van der Waals surface area contributed by atoms with Crippen LogP contribution in [0.5, 0.6) is 5.75 Å². The van der Waals surface area contributed by atoms with E-state index >= 15 is 0 Å². The average Bonchev–Trinajstić information content (AvgIpc) is 2.59. The number of hydrogen-bond acceptors (Lipinski definition) is 4. The van der Waals surface area contributed by atoms with Crippen LogP contribution in [-0.2, 0) is 16.0 Å². The van der Waals surface area contributed by atoms with Crippen molar-refractivity contribution in [2.75, 3.05) is 6.61 Å². The summed E-state index contributed by atoms with van der Waals surface area (Å²) >= 11 is 0. The summed E-state index contributed by atoms with van der Waals surface area (Å²) in [6, 6.07) is 6.45. The molecule has 1 atom stereocenters. The molecule has 1 N–H and O–H groups in total. The number of phenolic OH excluding ortho intramolecular Hbond substituents is 1. The van der Waals surface area contributed by atoms with Crippen molar-refractivity contribution >= 4 is 12.0 Å². The number of cyclic esters (lactones) is 1. The second-order valence-electron chi connectivity index (χ2n) is 3.99. The van der Waals surface area contributed by atoms with E-state index in [4.69, 9.17) is 4.74 Å². The Hall–Kier alpha value is -2.04. The van der Waals surface area contributed by atoms with E-state index in [1.54, 1.807) is 18.2 Å². The van der Waals surface area contributed by atoms with Crippen molar-refractivity contribution in [2.45, 2.75) is 19.4 Å². The van der Waals surface area contributed by atoms with Gasteiger partial charge in [-0.2, -0.15) is 0 Å². The molecule has 0 saturated carbocycles. The van der Waals surface area contributed by atoms with Crippen LogP contribution in [0.3, 0.4) is 0 Å². The second kappa shape index (κ2) is 4.45. The molecule has 1 aliphatic rings. The Bertz CT molecular complexity index is 458. The van der Waals surface area contributed by atoms with Gasteiger partial charge in [-0.3, -0.25) is 4.79 Å². The number of aromatic hydroxyl groups is 1. The zero-order valence-corrected chi connectivity index (χ0v) is 9.42. The maximum absolute atomic E-state index is 11.3. The second-order valence-corrected chi connectivity index (χ2v) is 3.99. The van der Waals surface area contributed by atoms with Crippen LogP contribution in [0.4, 0.5) is 4.79 Å². The molecule has 1 saturated heterocycles. The lowest BCUT2D eigenvalue weighted by Gasteiger charge is -2.17. The minimum absolute atomic E-state index is 0.169. The Labute approximate surface area is 98.6 Å². The van der Waals surface area contributed by atoms with Gasteiger partial charge in [-0.05, 0) is 24.1 Å². The number of rotatable bonds is 2. The quantitative estimate of drug-likeness (QED) is 0.839. The molecule has 0 radical (unpaired) electrons. The van der Waals surface area contributed by atoms with Crippen LogP contribution >= 0.6 is 0 Å². The highest BCUT2D eigenvalue weighted by Crippen LogP contribution is 2.19. The monoisotopic (exact) mass is 235 g/mol. The molecule has 90 valence electrons. The highest BCUT2D eigenvalue weighted by atomic mass is 16.6. The lowest BCUT2D eigenvalue weighted by Crippen LogP contribution is -2.38. The maximum Gasteiger partial charge on any atom is 0.416 e. The molecule has 5 nitrogen and oxygen atoms in total. The van der Waals surface area contributed by atoms with Crippen molar-refractivity contribution in [3.05, 3.63) is 29.8 Å². The molecule has 2 amide bonds. The lowest BCUT2D eigenvalue weighted by atomic mass is 10.1. The fourth-order valence-corrected chi connectivity index (χ4v) is 1.95. The SMILES string of the molecule is CC(=O)N1C(=O)OCC1Cc1cccc(O)c1. The van der Waals surface area contributed by atoms with Gasteiger partial charge in [0, 0.05) is 6.92 Å². The van der Waals surface area contributed by atoms with Crippen molar-refractivity contribution in [3.8, 4) is 5.75 Å². The third kappa shape index (κ3) is 2.38. The number of ether oxygens (including phenoxy) is 1. The highest BCUT2D eigenvalue weighted by Gasteiger charge is 2.35. The van der Waals surface area contributed by atoms with Crippen LogP contribution in [0, 0.1) is 0 Å². The maximum atomic E-state index is 11.3. The Kier molecular flexibility index (Phi) is 2.99. The third-order valence-corrected chi connectivity index (χ3v) is 2.68. The van der Waals surface area contributed by atoms with E-state index in [1.807, 2.05) is 6.07 Å². The van der Waals surface area contributed by atoms with Gasteiger partial charge in [0.1, 0.15) is 12.4 Å². The molecule has 5 heteroatoms. The first-order valence-corrected chi connectivity index (χ1v) is 5.32. The number of benzene rings is 1. The van der Waals surface area contributed by atoms with Crippen LogP contribution in [-0.4, -0.2) is 34.7 Å². The number of nitrogens with zero attached hydrogens (tertiary/aromatic N) is 1. The molecule has 1 aliphatic heterocycles. The number of imide groups is 1. The van der Waals surface area contributed by atoms with Crippen LogP contribution < -0.4 is 0 Å². The summed E-state index contributed by atoms with van der Waals surface area (Å²) in [6.45, 7) is 1.54. The predicted octanol–water partition coefficient (Wildman–Crippen LogP) is 1.30. The smallest absolute Gasteiger partial charge is 0.416 e. The molecule has 1 aromatic rings. The van der Waals surface area contributed by atoms with Gasteiger partial charge in [-0.1, -0.05) is 12.1 Å². The number of hydrogen-bond donors (Lipinski definition) is 1. The minimum Gasteiger partial charge on any atom is -0.508 e. The molecule has 0 bridgehead atoms. The van der Waals surface area contributed by atoms with Gasteiger partial charge in [-0.15, -0.1) is 0 Å². The Balaban J connectivity index is 2.13. The Morgan fingerprint density at radius 1 is 1.59 bits per heavy atom. The van der Waals surface area contributed by atoms with Gasteiger partial charge >= 0.3 is 6.09 Å². The van der Waals surface area contributed by atoms with Crippen molar-refractivity contribution in [1.82, 2.24) is 4.90 Å². The first-order valence-electron chi connectivity index (χ1n) is 5.32. The molecule has 1 aromatic carbocycles. The van der Waals surface area contributed by atoms with Gasteiger partial charge in [-0.25, -0.2) is 9.69 Å². The van der Waals surface area contributed by atoms with Crippen LogP contribution in [0.2, 0.25) is 0 Å². The molecular formula is C12H13NO4. The van der Waals surface area contributed by atoms with E-state index in [0.717, 1.165) is 10.5 Å². The van der Waals surface area contributed by atoms with E-state index in [9.17, 15) is 14.7 Å². The number of carbonyl (C=O) groups excluding carboxylic acids is 2. The first kappa shape index (κ1) is 11.4. The first-order chi connectivity index (χ1) is 8.08. The van der Waals surface area contributed by atoms with Crippen LogP contribution in [0.25, 0.3) is 0 Å². The van der Waals surface area contributed by atoms with Gasteiger partial charge in [0.25, 0.3) is 0 Å². The molecule has 0 aliphatic carbocycles. The number of amides is 2. The van der Waals surface area contributed by atoms with Crippen molar-refractivity contribution in [1.29, 1.82) is 0 Å². The largest absolute Gasteiger partial charge is 0.508 e. The van der Waals surface area contributed by atoms with E-state index in [0.29, 0.717) is 6.42 Å². The summed E-state index contributed by atoms with van der Waals surface area (Å²) in [4.78, 5) is 23.7. The number of carbonyl (C=O) groups is 2. The summed E-state index contributed by atoms with van der Waals surface area (Å²) in [5.41, 5.74) is 0.861. The standard InChI is InChI=1S/C12H13NO4/c1-8(14)13-10(7-17-12(13)16)5-9-3-2-4-11(15)6-9/h2-4,6,10,15H,5,7H2,1H3. The summed E-state index contributed by atoms with van der Waals surface area (Å²) in [5, 5.41) is 9.34. The molecule has 0 aromatic heterocycles. The zero-order chi connectivity index (χ0) is 12.4. The minimum atomic E-state index is -0.595. The van der Waals surface area contributed by atoms with Crippen LogP contribution in [0.1, 0.15) is 12.5 Å². The molecule has 17 heavy (non-hydrogen) atoms. The topological polar surface area (TPSA) is 66.8 Å². The highest BCUT2D eigenvalue weighted by molar-refractivity contribution is 5.92. The molecule has 0 spiro atoms. The fraction of sp³-hybridized carbons (Fsp3) is 0.333. The molecule has 2 rings (SSSR count). The van der Waals surface area contributed by atoms with Crippen molar-refractivity contribution in [3.63, 3.8) is 0 Å². The Morgan fingerprint density at radius 2 is 2.35 bits per heavy atom. The summed E-state index contributed by atoms with van der Waals surface area (Å²) in [7, 11) is 0. The Morgan fingerprint density at radius 3 is 3.00 bits per heavy atom. The summed E-state index contributed by atoms with van der Waals surface area (Å²) in [6.07, 6.45) is -0.109. The zero-order valence-electron chi connectivity index (χ0n) is 9.42. The average molecular weight is 235 g/mol. The fourth-order valence-electron chi connectivity index (χ4n) is 1.95. The van der Waals surface area contributed by atoms with Crippen molar-refractivity contribution in [2.24, 2.45) is 0 Å². The summed E-state index contributed by atoms with van der Waals surface area (Å²) < 4.78 is 4.85. The summed E-state index contributed by atoms with van der Waals surface area (Å²) in [5.74, 6) is -0.153. The number of phenols is 1. The van der Waals surface area contributed by atoms with Gasteiger partial charge in [0.05, 0.1) is 6.04 Å². The van der Waals surface area contributed by atoms with Gasteiger partial charge in [0.2, 0.25) is 5.91 Å². The molecular weight excluding hydrogens is 222 g/mol. The molecule has 1 fully saturated rings. The third-order valence-electron chi connectivity index (χ3n) is 2.68. The molecule has 1 unspecified atom stereocenters. The van der Waals surface area contributed by atoms with E-state index in [1.165, 1.54) is 6.92 Å². The van der Waals surface area contributed by atoms with E-state index in [2.05, 4.69) is 0 Å². The van der Waals surface area contributed by atoms with E-state index < -0.39 is 6.09 Å².